The van der Waals surface area contributed by atoms with E-state index >= 15 is 0 Å². The highest BCUT2D eigenvalue weighted by Gasteiger charge is 2.23. The van der Waals surface area contributed by atoms with E-state index in [-0.39, 0.29) is 6.61 Å². The van der Waals surface area contributed by atoms with Crippen LogP contribution in [0.4, 0.5) is 0 Å². The molecular weight excluding hydrogens is 340 g/mol. The fourth-order valence-corrected chi connectivity index (χ4v) is 5.10. The van der Waals surface area contributed by atoms with E-state index in [0.717, 1.165) is 37.1 Å². The maximum atomic E-state index is 12.8. The number of piperidine rings is 1. The van der Waals surface area contributed by atoms with Crippen LogP contribution in [0, 0.1) is 26.7 Å². The zero-order valence-corrected chi connectivity index (χ0v) is 16.4. The van der Waals surface area contributed by atoms with E-state index in [9.17, 15) is 13.5 Å². The summed E-state index contributed by atoms with van der Waals surface area (Å²) in [6.45, 7) is 8.49. The number of aliphatic hydroxyl groups excluding tert-OH is 1. The van der Waals surface area contributed by atoms with Gasteiger partial charge in [0, 0.05) is 26.2 Å². The maximum absolute atomic E-state index is 12.8. The highest BCUT2D eigenvalue weighted by atomic mass is 32.2. The van der Waals surface area contributed by atoms with Gasteiger partial charge in [0.15, 0.2) is 0 Å². The Bertz CT molecular complexity index is 704. The molecule has 1 aliphatic rings. The van der Waals surface area contributed by atoms with Crippen molar-refractivity contribution in [2.24, 2.45) is 5.92 Å². The predicted octanol–water partition coefficient (Wildman–Crippen LogP) is 1.60. The number of hydrogen-bond donors (Lipinski definition) is 2. The quantitative estimate of drug-likeness (QED) is 0.762. The smallest absolute Gasteiger partial charge is 0.241 e. The molecule has 0 saturated carbocycles. The van der Waals surface area contributed by atoms with Gasteiger partial charge in [-0.3, -0.25) is 0 Å². The van der Waals surface area contributed by atoms with Crippen molar-refractivity contribution < 1.29 is 18.3 Å². The number of nitrogens with one attached hydrogen (secondary N) is 1. The van der Waals surface area contributed by atoms with Crippen molar-refractivity contribution in [3.63, 3.8) is 0 Å². The number of aliphatic hydroxyl groups is 1. The Balaban J connectivity index is 2.06. The minimum absolute atomic E-state index is 0.200. The topological polar surface area (TPSA) is 78.9 Å². The van der Waals surface area contributed by atoms with Crippen LogP contribution in [0.5, 0.6) is 5.75 Å². The Morgan fingerprint density at radius 3 is 2.68 bits per heavy atom. The second kappa shape index (κ2) is 8.49. The van der Waals surface area contributed by atoms with Crippen molar-refractivity contribution in [1.82, 2.24) is 9.62 Å². The van der Waals surface area contributed by atoms with Gasteiger partial charge in [-0.05, 0) is 68.8 Å². The first-order valence-electron chi connectivity index (χ1n) is 8.77. The fourth-order valence-electron chi connectivity index (χ4n) is 3.56. The molecule has 0 aromatic heterocycles. The second-order valence-electron chi connectivity index (χ2n) is 6.86. The van der Waals surface area contributed by atoms with Gasteiger partial charge in [0.1, 0.15) is 5.75 Å². The molecule has 142 valence electrons. The molecule has 2 N–H and O–H groups in total. The molecule has 1 heterocycles. The van der Waals surface area contributed by atoms with E-state index in [1.807, 2.05) is 13.8 Å². The van der Waals surface area contributed by atoms with Gasteiger partial charge in [-0.25, -0.2) is 13.1 Å². The SMILES string of the molecule is COc1cc(C)c(S(=O)(=O)NCCN2CCC[C@H](CO)C2)c(C)c1C. The molecule has 0 amide bonds. The van der Waals surface area contributed by atoms with Crippen LogP contribution in [0.3, 0.4) is 0 Å². The lowest BCUT2D eigenvalue weighted by atomic mass is 9.99. The molecule has 25 heavy (non-hydrogen) atoms. The number of rotatable bonds is 7. The standard InChI is InChI=1S/C18H30N2O4S/c1-13-10-17(24-4)14(2)15(3)18(13)25(22,23)19-7-9-20-8-5-6-16(11-20)12-21/h10,16,19,21H,5-9,11-12H2,1-4H3/t16-/m0/s1. The first-order chi connectivity index (χ1) is 11.8. The molecule has 0 spiro atoms. The highest BCUT2D eigenvalue weighted by molar-refractivity contribution is 7.89. The average molecular weight is 371 g/mol. The zero-order valence-electron chi connectivity index (χ0n) is 15.6. The maximum Gasteiger partial charge on any atom is 0.241 e. The van der Waals surface area contributed by atoms with E-state index in [1.165, 1.54) is 0 Å². The van der Waals surface area contributed by atoms with Crippen molar-refractivity contribution in [1.29, 1.82) is 0 Å². The second-order valence-corrected chi connectivity index (χ2v) is 8.57. The number of nitrogens with zero attached hydrogens (tertiary/aromatic N) is 1. The first kappa shape index (κ1) is 20.2. The molecule has 0 bridgehead atoms. The van der Waals surface area contributed by atoms with Crippen molar-refractivity contribution in [2.75, 3.05) is 39.9 Å². The van der Waals surface area contributed by atoms with Crippen LogP contribution in [0.2, 0.25) is 0 Å². The molecule has 0 aliphatic carbocycles. The summed E-state index contributed by atoms with van der Waals surface area (Å²) < 4.78 is 33.6. The van der Waals surface area contributed by atoms with Crippen LogP contribution >= 0.6 is 0 Å². The Morgan fingerprint density at radius 2 is 2.04 bits per heavy atom. The van der Waals surface area contributed by atoms with Crippen LogP contribution in [0.1, 0.15) is 29.5 Å². The van der Waals surface area contributed by atoms with Gasteiger partial charge in [0.05, 0.1) is 12.0 Å². The largest absolute Gasteiger partial charge is 0.496 e. The first-order valence-corrected chi connectivity index (χ1v) is 10.3. The Labute approximate surface area is 151 Å². The number of sulfonamides is 1. The highest BCUT2D eigenvalue weighted by Crippen LogP contribution is 2.30. The molecule has 1 fully saturated rings. The van der Waals surface area contributed by atoms with Crippen LogP contribution in [-0.4, -0.2) is 58.3 Å². The third-order valence-corrected chi connectivity index (χ3v) is 6.80. The zero-order chi connectivity index (χ0) is 18.6. The van der Waals surface area contributed by atoms with Crippen molar-refractivity contribution >= 4 is 10.0 Å². The predicted molar refractivity (Wildman–Crippen MR) is 98.6 cm³/mol. The summed E-state index contributed by atoms with van der Waals surface area (Å²) in [5, 5.41) is 9.29. The van der Waals surface area contributed by atoms with Crippen LogP contribution in [0.25, 0.3) is 0 Å². The van der Waals surface area contributed by atoms with Crippen LogP contribution < -0.4 is 9.46 Å². The molecule has 2 rings (SSSR count). The molecule has 1 aliphatic heterocycles. The number of aryl methyl sites for hydroxylation is 1. The van der Waals surface area contributed by atoms with Crippen molar-refractivity contribution in [3.8, 4) is 5.75 Å². The van der Waals surface area contributed by atoms with Gasteiger partial charge in [-0.1, -0.05) is 0 Å². The Morgan fingerprint density at radius 1 is 1.32 bits per heavy atom. The summed E-state index contributed by atoms with van der Waals surface area (Å²) in [5.74, 6) is 1.01. The van der Waals surface area contributed by atoms with E-state index < -0.39 is 10.0 Å². The van der Waals surface area contributed by atoms with Gasteiger partial charge in [-0.15, -0.1) is 0 Å². The molecule has 6 nitrogen and oxygen atoms in total. The summed E-state index contributed by atoms with van der Waals surface area (Å²) >= 11 is 0. The van der Waals surface area contributed by atoms with E-state index in [4.69, 9.17) is 4.74 Å². The van der Waals surface area contributed by atoms with Gasteiger partial charge in [-0.2, -0.15) is 0 Å². The van der Waals surface area contributed by atoms with E-state index in [1.54, 1.807) is 20.1 Å². The lowest BCUT2D eigenvalue weighted by Gasteiger charge is -2.31. The van der Waals surface area contributed by atoms with E-state index in [0.29, 0.717) is 35.2 Å². The summed E-state index contributed by atoms with van der Waals surface area (Å²) in [6.07, 6.45) is 2.09. The fraction of sp³-hybridized carbons (Fsp3) is 0.667. The van der Waals surface area contributed by atoms with Gasteiger partial charge < -0.3 is 14.7 Å². The molecule has 7 heteroatoms. The summed E-state index contributed by atoms with van der Waals surface area (Å²) in [7, 11) is -1.98. The third-order valence-electron chi connectivity index (χ3n) is 5.05. The summed E-state index contributed by atoms with van der Waals surface area (Å²) in [4.78, 5) is 2.56. The minimum Gasteiger partial charge on any atom is -0.496 e. The Kier molecular flexibility index (Phi) is 6.85. The monoisotopic (exact) mass is 370 g/mol. The molecule has 1 atom stereocenters. The lowest BCUT2D eigenvalue weighted by molar-refractivity contribution is 0.122. The normalized spacial score (nSPS) is 19.2. The number of benzene rings is 1. The summed E-state index contributed by atoms with van der Waals surface area (Å²) in [6, 6.07) is 1.77. The number of likely N-dealkylation sites (tertiary alicyclic amines) is 1. The number of methoxy groups -OCH3 is 1. The molecule has 1 aromatic carbocycles. The third kappa shape index (κ3) is 4.73. The molecular formula is C18H30N2O4S. The van der Waals surface area contributed by atoms with Gasteiger partial charge in [0.2, 0.25) is 10.0 Å². The average Bonchev–Trinajstić information content (AvgIpc) is 2.58. The molecule has 1 saturated heterocycles. The van der Waals surface area contributed by atoms with Crippen LogP contribution in [0.15, 0.2) is 11.0 Å². The Hall–Kier alpha value is -1.15. The van der Waals surface area contributed by atoms with Gasteiger partial charge in [0.25, 0.3) is 0 Å². The van der Waals surface area contributed by atoms with Crippen molar-refractivity contribution in [2.45, 2.75) is 38.5 Å². The summed E-state index contributed by atoms with van der Waals surface area (Å²) in [5.41, 5.74) is 2.25. The molecule has 0 radical (unpaired) electrons. The van der Waals surface area contributed by atoms with Crippen LogP contribution in [-0.2, 0) is 10.0 Å². The molecule has 0 unspecified atom stereocenters. The van der Waals surface area contributed by atoms with Crippen molar-refractivity contribution in [3.05, 3.63) is 22.8 Å². The molecule has 1 aromatic rings. The number of ether oxygens (including phenoxy) is 1. The lowest BCUT2D eigenvalue weighted by Crippen LogP contribution is -2.41. The number of hydrogen-bond acceptors (Lipinski definition) is 5. The van der Waals surface area contributed by atoms with Gasteiger partial charge >= 0.3 is 0 Å². The minimum atomic E-state index is -3.57. The van der Waals surface area contributed by atoms with E-state index in [2.05, 4.69) is 9.62 Å².